The summed E-state index contributed by atoms with van der Waals surface area (Å²) in [6.07, 6.45) is 0. The fourth-order valence-electron chi connectivity index (χ4n) is 1.50. The van der Waals surface area contributed by atoms with Crippen molar-refractivity contribution in [2.45, 2.75) is 6.04 Å². The second-order valence-electron chi connectivity index (χ2n) is 3.18. The van der Waals surface area contributed by atoms with Gasteiger partial charge in [-0.25, -0.2) is 4.39 Å². The highest BCUT2D eigenvalue weighted by molar-refractivity contribution is 5.56. The van der Waals surface area contributed by atoms with E-state index in [9.17, 15) is 4.39 Å². The van der Waals surface area contributed by atoms with Crippen LogP contribution in [-0.2, 0) is 0 Å². The van der Waals surface area contributed by atoms with Crippen molar-refractivity contribution in [1.82, 2.24) is 0 Å². The number of methoxy groups -OCH3 is 3. The highest BCUT2D eigenvalue weighted by Crippen LogP contribution is 2.41. The van der Waals surface area contributed by atoms with Crippen molar-refractivity contribution in [2.24, 2.45) is 5.73 Å². The molecule has 90 valence electrons. The molecule has 0 aliphatic carbocycles. The Labute approximate surface area is 94.1 Å². The Morgan fingerprint density at radius 1 is 1.12 bits per heavy atom. The maximum absolute atomic E-state index is 12.6. The van der Waals surface area contributed by atoms with Crippen molar-refractivity contribution < 1.29 is 18.6 Å². The van der Waals surface area contributed by atoms with Gasteiger partial charge in [0.2, 0.25) is 5.75 Å². The molecule has 0 bridgehead atoms. The van der Waals surface area contributed by atoms with Crippen molar-refractivity contribution in [2.75, 3.05) is 28.0 Å². The Kier molecular flexibility index (Phi) is 4.37. The van der Waals surface area contributed by atoms with Crippen molar-refractivity contribution in [3.63, 3.8) is 0 Å². The molecule has 16 heavy (non-hydrogen) atoms. The molecule has 0 heterocycles. The van der Waals surface area contributed by atoms with Crippen LogP contribution in [0, 0.1) is 0 Å². The summed E-state index contributed by atoms with van der Waals surface area (Å²) >= 11 is 0. The first-order valence-corrected chi connectivity index (χ1v) is 4.80. The molecule has 1 aromatic rings. The van der Waals surface area contributed by atoms with Gasteiger partial charge in [0.25, 0.3) is 0 Å². The van der Waals surface area contributed by atoms with E-state index in [2.05, 4.69) is 0 Å². The molecule has 0 aliphatic rings. The molecule has 1 aromatic carbocycles. The Morgan fingerprint density at radius 3 is 2.19 bits per heavy atom. The molecule has 0 aliphatic heterocycles. The first-order valence-electron chi connectivity index (χ1n) is 4.80. The van der Waals surface area contributed by atoms with E-state index in [-0.39, 0.29) is 0 Å². The van der Waals surface area contributed by atoms with Gasteiger partial charge >= 0.3 is 0 Å². The van der Waals surface area contributed by atoms with Crippen LogP contribution < -0.4 is 19.9 Å². The molecule has 0 saturated carbocycles. The van der Waals surface area contributed by atoms with Gasteiger partial charge in [-0.3, -0.25) is 0 Å². The van der Waals surface area contributed by atoms with Crippen LogP contribution in [0.2, 0.25) is 0 Å². The molecular weight excluding hydrogens is 213 g/mol. The number of alkyl halides is 1. The molecule has 1 atom stereocenters. The van der Waals surface area contributed by atoms with Gasteiger partial charge in [0.15, 0.2) is 11.5 Å². The minimum Gasteiger partial charge on any atom is -0.493 e. The Morgan fingerprint density at radius 2 is 1.75 bits per heavy atom. The topological polar surface area (TPSA) is 53.7 Å². The molecule has 0 unspecified atom stereocenters. The zero-order valence-corrected chi connectivity index (χ0v) is 9.62. The van der Waals surface area contributed by atoms with E-state index in [1.54, 1.807) is 12.1 Å². The van der Waals surface area contributed by atoms with Crippen molar-refractivity contribution >= 4 is 0 Å². The zero-order valence-electron chi connectivity index (χ0n) is 9.62. The summed E-state index contributed by atoms with van der Waals surface area (Å²) in [7, 11) is 4.49. The van der Waals surface area contributed by atoms with Crippen LogP contribution >= 0.6 is 0 Å². The van der Waals surface area contributed by atoms with E-state index in [1.165, 1.54) is 21.3 Å². The maximum atomic E-state index is 12.6. The number of halogens is 1. The quantitative estimate of drug-likeness (QED) is 0.834. The van der Waals surface area contributed by atoms with Gasteiger partial charge in [0, 0.05) is 5.56 Å². The normalized spacial score (nSPS) is 12.1. The second-order valence-corrected chi connectivity index (χ2v) is 3.18. The van der Waals surface area contributed by atoms with E-state index >= 15 is 0 Å². The number of benzene rings is 1. The van der Waals surface area contributed by atoms with Crippen molar-refractivity contribution in [3.05, 3.63) is 17.7 Å². The maximum Gasteiger partial charge on any atom is 0.203 e. The SMILES string of the molecule is COc1ccc([C@@H](N)CF)c(OC)c1OC. The van der Waals surface area contributed by atoms with Gasteiger partial charge in [0.1, 0.15) is 6.67 Å². The molecule has 0 aromatic heterocycles. The molecule has 4 nitrogen and oxygen atoms in total. The van der Waals surface area contributed by atoms with Gasteiger partial charge in [-0.2, -0.15) is 0 Å². The lowest BCUT2D eigenvalue weighted by Crippen LogP contribution is -2.14. The number of nitrogens with two attached hydrogens (primary N) is 1. The van der Waals surface area contributed by atoms with E-state index in [0.717, 1.165) is 0 Å². The predicted molar refractivity (Wildman–Crippen MR) is 59.0 cm³/mol. The average molecular weight is 229 g/mol. The van der Waals surface area contributed by atoms with Crippen molar-refractivity contribution in [1.29, 1.82) is 0 Å². The fraction of sp³-hybridized carbons (Fsp3) is 0.455. The smallest absolute Gasteiger partial charge is 0.203 e. The first-order chi connectivity index (χ1) is 7.69. The van der Waals surface area contributed by atoms with Crippen LogP contribution in [0.5, 0.6) is 17.2 Å². The van der Waals surface area contributed by atoms with Crippen LogP contribution in [0.4, 0.5) is 4.39 Å². The molecule has 1 rings (SSSR count). The summed E-state index contributed by atoms with van der Waals surface area (Å²) in [6, 6.07) is 2.62. The van der Waals surface area contributed by atoms with Crippen LogP contribution in [0.1, 0.15) is 11.6 Å². The van der Waals surface area contributed by atoms with Gasteiger partial charge in [0.05, 0.1) is 27.4 Å². The third kappa shape index (κ3) is 2.19. The molecule has 0 amide bonds. The van der Waals surface area contributed by atoms with E-state index in [0.29, 0.717) is 22.8 Å². The monoisotopic (exact) mass is 229 g/mol. The third-order valence-electron chi connectivity index (χ3n) is 2.30. The summed E-state index contributed by atoms with van der Waals surface area (Å²) < 4.78 is 28.0. The Bertz CT molecular complexity index is 357. The third-order valence-corrected chi connectivity index (χ3v) is 2.30. The van der Waals surface area contributed by atoms with E-state index < -0.39 is 12.7 Å². The fourth-order valence-corrected chi connectivity index (χ4v) is 1.50. The van der Waals surface area contributed by atoms with Crippen LogP contribution in [0.25, 0.3) is 0 Å². The summed E-state index contributed by atoms with van der Waals surface area (Å²) in [5.41, 5.74) is 6.19. The molecular formula is C11H16FNO3. The molecule has 0 radical (unpaired) electrons. The summed E-state index contributed by atoms with van der Waals surface area (Å²) in [5.74, 6) is 1.35. The van der Waals surface area contributed by atoms with Crippen LogP contribution in [0.3, 0.4) is 0 Å². The van der Waals surface area contributed by atoms with Gasteiger partial charge in [-0.1, -0.05) is 0 Å². The first kappa shape index (κ1) is 12.6. The average Bonchev–Trinajstić information content (AvgIpc) is 2.35. The highest BCUT2D eigenvalue weighted by Gasteiger charge is 2.19. The van der Waals surface area contributed by atoms with Crippen LogP contribution in [-0.4, -0.2) is 28.0 Å². The van der Waals surface area contributed by atoms with Gasteiger partial charge in [-0.15, -0.1) is 0 Å². The minimum atomic E-state index is -0.727. The number of rotatable bonds is 5. The van der Waals surface area contributed by atoms with E-state index in [1.807, 2.05) is 0 Å². The largest absolute Gasteiger partial charge is 0.493 e. The molecule has 0 spiro atoms. The van der Waals surface area contributed by atoms with E-state index in [4.69, 9.17) is 19.9 Å². The van der Waals surface area contributed by atoms with Gasteiger partial charge in [-0.05, 0) is 12.1 Å². The lowest BCUT2D eigenvalue weighted by Gasteiger charge is -2.17. The van der Waals surface area contributed by atoms with Crippen LogP contribution in [0.15, 0.2) is 12.1 Å². The minimum absolute atomic E-state index is 0.409. The predicted octanol–water partition coefficient (Wildman–Crippen LogP) is 1.68. The highest BCUT2D eigenvalue weighted by atomic mass is 19.1. The number of hydrogen-bond donors (Lipinski definition) is 1. The molecule has 5 heteroatoms. The number of hydrogen-bond acceptors (Lipinski definition) is 4. The molecule has 2 N–H and O–H groups in total. The standard InChI is InChI=1S/C11H16FNO3/c1-14-9-5-4-7(8(13)6-12)10(15-2)11(9)16-3/h4-5,8H,6,13H2,1-3H3/t8-/m0/s1. The lowest BCUT2D eigenvalue weighted by atomic mass is 10.1. The summed E-state index contributed by atoms with van der Waals surface area (Å²) in [5, 5.41) is 0. The summed E-state index contributed by atoms with van der Waals surface area (Å²) in [6.45, 7) is -0.661. The van der Waals surface area contributed by atoms with Crippen molar-refractivity contribution in [3.8, 4) is 17.2 Å². The number of ether oxygens (including phenoxy) is 3. The second kappa shape index (κ2) is 5.55. The lowest BCUT2D eigenvalue weighted by molar-refractivity contribution is 0.318. The summed E-state index contributed by atoms with van der Waals surface area (Å²) in [4.78, 5) is 0. The van der Waals surface area contributed by atoms with Gasteiger partial charge < -0.3 is 19.9 Å². The zero-order chi connectivity index (χ0) is 12.1. The molecule has 0 fully saturated rings. The Balaban J connectivity index is 3.31. The Hall–Kier alpha value is -1.49. The molecule has 0 saturated heterocycles.